The average molecular weight is 165 g/mol. The van der Waals surface area contributed by atoms with Crippen LogP contribution in [-0.4, -0.2) is 6.54 Å². The molecule has 1 heterocycles. The fourth-order valence-corrected chi connectivity index (χ4v) is 1.59. The maximum atomic E-state index is 13.3. The van der Waals surface area contributed by atoms with E-state index in [1.807, 2.05) is 25.1 Å². The molecule has 1 aliphatic heterocycles. The summed E-state index contributed by atoms with van der Waals surface area (Å²) < 4.78 is 13.3. The Morgan fingerprint density at radius 1 is 1.50 bits per heavy atom. The van der Waals surface area contributed by atoms with E-state index in [-0.39, 0.29) is 0 Å². The van der Waals surface area contributed by atoms with Crippen molar-refractivity contribution >= 4 is 5.69 Å². The van der Waals surface area contributed by atoms with Crippen LogP contribution in [0.4, 0.5) is 10.1 Å². The third kappa shape index (κ3) is 1.17. The normalized spacial score (nSPS) is 21.3. The number of halogens is 1. The van der Waals surface area contributed by atoms with Gasteiger partial charge in [0.1, 0.15) is 6.17 Å². The predicted octanol–water partition coefficient (Wildman–Crippen LogP) is 2.82. The lowest BCUT2D eigenvalue weighted by atomic mass is 10.00. The summed E-state index contributed by atoms with van der Waals surface area (Å²) in [6, 6.07) is 5.88. The minimum atomic E-state index is -0.777. The van der Waals surface area contributed by atoms with Crippen LogP contribution in [0.3, 0.4) is 0 Å². The van der Waals surface area contributed by atoms with Crippen molar-refractivity contribution in [2.24, 2.45) is 0 Å². The monoisotopic (exact) mass is 165 g/mol. The molecule has 0 saturated carbocycles. The number of hydrogen-bond donors (Lipinski definition) is 1. The van der Waals surface area contributed by atoms with Crippen molar-refractivity contribution in [3.05, 3.63) is 29.3 Å². The van der Waals surface area contributed by atoms with Crippen LogP contribution in [0.15, 0.2) is 18.2 Å². The number of benzene rings is 1. The zero-order valence-electron chi connectivity index (χ0n) is 7.10. The first-order valence-electron chi connectivity index (χ1n) is 4.26. The molecule has 12 heavy (non-hydrogen) atoms. The second-order valence-electron chi connectivity index (χ2n) is 3.27. The second-order valence-corrected chi connectivity index (χ2v) is 3.27. The minimum Gasteiger partial charge on any atom is -0.385 e. The number of aryl methyl sites for hydroxylation is 1. The number of alkyl halides is 1. The molecule has 2 rings (SSSR count). The highest BCUT2D eigenvalue weighted by atomic mass is 19.1. The molecule has 0 spiro atoms. The van der Waals surface area contributed by atoms with Gasteiger partial charge < -0.3 is 5.32 Å². The van der Waals surface area contributed by atoms with E-state index in [0.717, 1.165) is 23.4 Å². The summed E-state index contributed by atoms with van der Waals surface area (Å²) in [5.41, 5.74) is 2.90. The Morgan fingerprint density at radius 2 is 2.33 bits per heavy atom. The van der Waals surface area contributed by atoms with Gasteiger partial charge in [-0.25, -0.2) is 4.39 Å². The third-order valence-electron chi connectivity index (χ3n) is 2.26. The van der Waals surface area contributed by atoms with Crippen LogP contribution in [0.5, 0.6) is 0 Å². The zero-order valence-corrected chi connectivity index (χ0v) is 7.10. The first kappa shape index (κ1) is 7.59. The molecule has 0 amide bonds. The topological polar surface area (TPSA) is 12.0 Å². The van der Waals surface area contributed by atoms with E-state index in [4.69, 9.17) is 0 Å². The van der Waals surface area contributed by atoms with Gasteiger partial charge in [-0.2, -0.15) is 0 Å². The van der Waals surface area contributed by atoms with Gasteiger partial charge in [-0.1, -0.05) is 17.7 Å². The highest BCUT2D eigenvalue weighted by Crippen LogP contribution is 2.32. The van der Waals surface area contributed by atoms with E-state index in [2.05, 4.69) is 5.32 Å². The Bertz CT molecular complexity index is 296. The summed E-state index contributed by atoms with van der Waals surface area (Å²) in [5.74, 6) is 0. The standard InChI is InChI=1S/C10H12FN/c1-7-2-3-10-8(6-7)9(11)4-5-12-10/h2-3,6,9,12H,4-5H2,1H3. The van der Waals surface area contributed by atoms with Gasteiger partial charge in [-0.3, -0.25) is 0 Å². The molecule has 1 atom stereocenters. The Kier molecular flexibility index (Phi) is 1.75. The molecule has 1 aromatic carbocycles. The lowest BCUT2D eigenvalue weighted by Crippen LogP contribution is -2.14. The Hall–Kier alpha value is -1.05. The van der Waals surface area contributed by atoms with Gasteiger partial charge in [0.2, 0.25) is 0 Å². The Labute approximate surface area is 71.6 Å². The van der Waals surface area contributed by atoms with Gasteiger partial charge >= 0.3 is 0 Å². The van der Waals surface area contributed by atoms with Crippen molar-refractivity contribution in [2.75, 3.05) is 11.9 Å². The maximum absolute atomic E-state index is 13.3. The third-order valence-corrected chi connectivity index (χ3v) is 2.26. The van der Waals surface area contributed by atoms with Gasteiger partial charge in [0.25, 0.3) is 0 Å². The summed E-state index contributed by atoms with van der Waals surface area (Å²) in [7, 11) is 0. The average Bonchev–Trinajstić information content (AvgIpc) is 2.07. The van der Waals surface area contributed by atoms with E-state index in [9.17, 15) is 4.39 Å². The molecule has 1 nitrogen and oxygen atoms in total. The fraction of sp³-hybridized carbons (Fsp3) is 0.400. The van der Waals surface area contributed by atoms with Gasteiger partial charge in [0.15, 0.2) is 0 Å². The Morgan fingerprint density at radius 3 is 3.17 bits per heavy atom. The molecule has 1 unspecified atom stereocenters. The number of anilines is 1. The van der Waals surface area contributed by atoms with Crippen LogP contribution in [0.25, 0.3) is 0 Å². The summed E-state index contributed by atoms with van der Waals surface area (Å²) in [5, 5.41) is 3.18. The van der Waals surface area contributed by atoms with E-state index < -0.39 is 6.17 Å². The van der Waals surface area contributed by atoms with Crippen LogP contribution in [0, 0.1) is 6.92 Å². The molecule has 1 aromatic rings. The van der Waals surface area contributed by atoms with Crippen molar-refractivity contribution in [2.45, 2.75) is 19.5 Å². The summed E-state index contributed by atoms with van der Waals surface area (Å²) in [4.78, 5) is 0. The molecule has 1 N–H and O–H groups in total. The van der Waals surface area contributed by atoms with Crippen molar-refractivity contribution < 1.29 is 4.39 Å². The largest absolute Gasteiger partial charge is 0.385 e. The van der Waals surface area contributed by atoms with E-state index in [1.54, 1.807) is 0 Å². The molecule has 64 valence electrons. The molecule has 0 aromatic heterocycles. The van der Waals surface area contributed by atoms with E-state index in [0.29, 0.717) is 6.42 Å². The number of fused-ring (bicyclic) bond motifs is 1. The van der Waals surface area contributed by atoms with E-state index >= 15 is 0 Å². The molecular formula is C10H12FN. The SMILES string of the molecule is Cc1ccc2c(c1)C(F)CCN2. The number of hydrogen-bond acceptors (Lipinski definition) is 1. The van der Waals surface area contributed by atoms with Crippen LogP contribution in [0.2, 0.25) is 0 Å². The van der Waals surface area contributed by atoms with Crippen molar-refractivity contribution in [3.8, 4) is 0 Å². The first-order chi connectivity index (χ1) is 5.77. The van der Waals surface area contributed by atoms with Crippen LogP contribution in [-0.2, 0) is 0 Å². The smallest absolute Gasteiger partial charge is 0.129 e. The van der Waals surface area contributed by atoms with Gasteiger partial charge in [0.05, 0.1) is 0 Å². The number of rotatable bonds is 0. The molecule has 0 fully saturated rings. The second kappa shape index (κ2) is 2.77. The van der Waals surface area contributed by atoms with Gasteiger partial charge in [0, 0.05) is 24.2 Å². The van der Waals surface area contributed by atoms with Crippen LogP contribution in [0.1, 0.15) is 23.7 Å². The highest BCUT2D eigenvalue weighted by Gasteiger charge is 2.18. The molecule has 0 saturated heterocycles. The first-order valence-corrected chi connectivity index (χ1v) is 4.26. The summed E-state index contributed by atoms with van der Waals surface area (Å²) in [6.07, 6.45) is -0.183. The zero-order chi connectivity index (χ0) is 8.55. The lowest BCUT2D eigenvalue weighted by Gasteiger charge is -2.21. The van der Waals surface area contributed by atoms with Gasteiger partial charge in [-0.15, -0.1) is 0 Å². The van der Waals surface area contributed by atoms with Crippen molar-refractivity contribution in [3.63, 3.8) is 0 Å². The highest BCUT2D eigenvalue weighted by molar-refractivity contribution is 5.55. The number of nitrogens with one attached hydrogen (secondary N) is 1. The molecular weight excluding hydrogens is 153 g/mol. The lowest BCUT2D eigenvalue weighted by molar-refractivity contribution is 0.324. The fourth-order valence-electron chi connectivity index (χ4n) is 1.59. The van der Waals surface area contributed by atoms with E-state index in [1.165, 1.54) is 0 Å². The molecule has 0 bridgehead atoms. The van der Waals surface area contributed by atoms with Crippen LogP contribution >= 0.6 is 0 Å². The summed E-state index contributed by atoms with van der Waals surface area (Å²) >= 11 is 0. The predicted molar refractivity (Wildman–Crippen MR) is 48.1 cm³/mol. The molecule has 2 heteroatoms. The quantitative estimate of drug-likeness (QED) is 0.623. The van der Waals surface area contributed by atoms with Crippen LogP contribution < -0.4 is 5.32 Å². The molecule has 0 aliphatic carbocycles. The Balaban J connectivity index is 2.47. The minimum absolute atomic E-state index is 0.594. The van der Waals surface area contributed by atoms with Crippen molar-refractivity contribution in [1.29, 1.82) is 0 Å². The van der Waals surface area contributed by atoms with Gasteiger partial charge in [-0.05, 0) is 13.0 Å². The van der Waals surface area contributed by atoms with Crippen molar-refractivity contribution in [1.82, 2.24) is 0 Å². The maximum Gasteiger partial charge on any atom is 0.129 e. The summed E-state index contributed by atoms with van der Waals surface area (Å²) in [6.45, 7) is 2.73. The molecule has 0 radical (unpaired) electrons. The molecule has 1 aliphatic rings.